The Morgan fingerprint density at radius 1 is 1.53 bits per heavy atom. The predicted octanol–water partition coefficient (Wildman–Crippen LogP) is -1.23. The smallest absolute Gasteiger partial charge is 0.222 e. The molecule has 0 radical (unpaired) electrons. The number of aliphatic hydroxyl groups is 2. The zero-order valence-corrected chi connectivity index (χ0v) is 10.7. The molecule has 7 heteroatoms. The summed E-state index contributed by atoms with van der Waals surface area (Å²) < 4.78 is 22.7. The maximum atomic E-state index is 11.7. The zero-order valence-electron chi connectivity index (χ0n) is 9.87. The second kappa shape index (κ2) is 5.79. The van der Waals surface area contributed by atoms with Gasteiger partial charge in [0.15, 0.2) is 9.84 Å². The Kier molecular flexibility index (Phi) is 4.91. The van der Waals surface area contributed by atoms with Crippen molar-refractivity contribution >= 4 is 15.7 Å². The Hall–Kier alpha value is -0.660. The van der Waals surface area contributed by atoms with E-state index in [1.165, 1.54) is 4.90 Å². The van der Waals surface area contributed by atoms with Crippen LogP contribution < -0.4 is 0 Å². The van der Waals surface area contributed by atoms with E-state index in [1.54, 1.807) is 6.92 Å². The Morgan fingerprint density at radius 3 is 2.59 bits per heavy atom. The van der Waals surface area contributed by atoms with E-state index in [-0.39, 0.29) is 36.4 Å². The van der Waals surface area contributed by atoms with Crippen LogP contribution in [0.25, 0.3) is 0 Å². The standard InChI is InChI=1S/C10H19NO5S/c1-2-10(14)11(5-9(13)6-12)8-3-4-17(15,16)7-8/h8-9,12-13H,2-7H2,1H3/t8-,9-/m0/s1. The molecule has 2 atom stereocenters. The van der Waals surface area contributed by atoms with Crippen LogP contribution in [0.4, 0.5) is 0 Å². The Morgan fingerprint density at radius 2 is 2.18 bits per heavy atom. The first-order chi connectivity index (χ1) is 7.89. The van der Waals surface area contributed by atoms with Crippen molar-refractivity contribution in [1.29, 1.82) is 0 Å². The summed E-state index contributed by atoms with van der Waals surface area (Å²) in [5, 5.41) is 18.1. The molecular weight excluding hydrogens is 246 g/mol. The minimum absolute atomic E-state index is 0.0106. The second-order valence-electron chi connectivity index (χ2n) is 4.29. The van der Waals surface area contributed by atoms with Crippen molar-refractivity contribution in [3.63, 3.8) is 0 Å². The summed E-state index contributed by atoms with van der Waals surface area (Å²) in [6, 6.07) is -0.367. The van der Waals surface area contributed by atoms with Crippen LogP contribution in [0.5, 0.6) is 0 Å². The summed E-state index contributed by atoms with van der Waals surface area (Å²) in [5.41, 5.74) is 0. The van der Waals surface area contributed by atoms with Crippen molar-refractivity contribution in [2.75, 3.05) is 24.7 Å². The first-order valence-corrected chi connectivity index (χ1v) is 7.50. The Balaban J connectivity index is 2.74. The van der Waals surface area contributed by atoms with Gasteiger partial charge in [0.2, 0.25) is 5.91 Å². The second-order valence-corrected chi connectivity index (χ2v) is 6.52. The average Bonchev–Trinajstić information content (AvgIpc) is 2.64. The van der Waals surface area contributed by atoms with Crippen molar-refractivity contribution in [1.82, 2.24) is 4.90 Å². The Bertz CT molecular complexity index is 367. The summed E-state index contributed by atoms with van der Waals surface area (Å²) in [7, 11) is -3.06. The first-order valence-electron chi connectivity index (χ1n) is 5.68. The minimum atomic E-state index is -3.06. The molecule has 100 valence electrons. The van der Waals surface area contributed by atoms with E-state index < -0.39 is 22.5 Å². The Labute approximate surface area is 101 Å². The van der Waals surface area contributed by atoms with Gasteiger partial charge < -0.3 is 15.1 Å². The number of nitrogens with zero attached hydrogens (tertiary/aromatic N) is 1. The summed E-state index contributed by atoms with van der Waals surface area (Å²) >= 11 is 0. The molecule has 17 heavy (non-hydrogen) atoms. The van der Waals surface area contributed by atoms with Gasteiger partial charge in [0.25, 0.3) is 0 Å². The normalized spacial score (nSPS) is 24.5. The lowest BCUT2D eigenvalue weighted by atomic mass is 10.2. The minimum Gasteiger partial charge on any atom is -0.394 e. The molecule has 0 bridgehead atoms. The molecular formula is C10H19NO5S. The molecule has 1 fully saturated rings. The number of rotatable bonds is 5. The third-order valence-electron chi connectivity index (χ3n) is 2.89. The fraction of sp³-hybridized carbons (Fsp3) is 0.900. The molecule has 0 aliphatic carbocycles. The highest BCUT2D eigenvalue weighted by molar-refractivity contribution is 7.91. The number of sulfone groups is 1. The lowest BCUT2D eigenvalue weighted by molar-refractivity contribution is -0.134. The molecule has 1 aliphatic rings. The third kappa shape index (κ3) is 3.93. The summed E-state index contributed by atoms with van der Waals surface area (Å²) in [4.78, 5) is 13.1. The van der Waals surface area contributed by atoms with E-state index in [1.807, 2.05) is 0 Å². The maximum absolute atomic E-state index is 11.7. The molecule has 1 saturated heterocycles. The first kappa shape index (κ1) is 14.4. The molecule has 1 rings (SSSR count). The van der Waals surface area contributed by atoms with Gasteiger partial charge in [-0.05, 0) is 6.42 Å². The van der Waals surface area contributed by atoms with Crippen molar-refractivity contribution in [3.05, 3.63) is 0 Å². The SMILES string of the molecule is CCC(=O)N(C[C@H](O)CO)[C@H]1CCS(=O)(=O)C1. The molecule has 1 amide bonds. The number of carbonyl (C=O) groups excluding carboxylic acids is 1. The monoisotopic (exact) mass is 265 g/mol. The molecule has 1 heterocycles. The molecule has 0 saturated carbocycles. The predicted molar refractivity (Wildman–Crippen MR) is 62.2 cm³/mol. The number of hydrogen-bond acceptors (Lipinski definition) is 5. The summed E-state index contributed by atoms with van der Waals surface area (Å²) in [6.45, 7) is 1.24. The van der Waals surface area contributed by atoms with E-state index in [0.29, 0.717) is 6.42 Å². The lowest BCUT2D eigenvalue weighted by Gasteiger charge is -2.29. The largest absolute Gasteiger partial charge is 0.394 e. The van der Waals surface area contributed by atoms with E-state index >= 15 is 0 Å². The van der Waals surface area contributed by atoms with Gasteiger partial charge in [0.1, 0.15) is 0 Å². The molecule has 6 nitrogen and oxygen atoms in total. The van der Waals surface area contributed by atoms with Crippen molar-refractivity contribution < 1.29 is 23.4 Å². The van der Waals surface area contributed by atoms with Gasteiger partial charge in [0, 0.05) is 19.0 Å². The van der Waals surface area contributed by atoms with E-state index in [4.69, 9.17) is 5.11 Å². The number of hydrogen-bond donors (Lipinski definition) is 2. The van der Waals surface area contributed by atoms with Gasteiger partial charge in [-0.3, -0.25) is 4.79 Å². The van der Waals surface area contributed by atoms with Crippen LogP contribution in [0.1, 0.15) is 19.8 Å². The van der Waals surface area contributed by atoms with E-state index in [0.717, 1.165) is 0 Å². The topological polar surface area (TPSA) is 94.9 Å². The molecule has 0 unspecified atom stereocenters. The van der Waals surface area contributed by atoms with Gasteiger partial charge in [-0.2, -0.15) is 0 Å². The van der Waals surface area contributed by atoms with Gasteiger partial charge in [-0.25, -0.2) is 8.42 Å². The molecule has 0 aromatic heterocycles. The van der Waals surface area contributed by atoms with Gasteiger partial charge >= 0.3 is 0 Å². The van der Waals surface area contributed by atoms with Crippen LogP contribution in [-0.4, -0.2) is 66.2 Å². The molecule has 1 aliphatic heterocycles. The van der Waals surface area contributed by atoms with Gasteiger partial charge in [-0.1, -0.05) is 6.92 Å². The van der Waals surface area contributed by atoms with Crippen LogP contribution in [0.2, 0.25) is 0 Å². The zero-order chi connectivity index (χ0) is 13.1. The maximum Gasteiger partial charge on any atom is 0.222 e. The van der Waals surface area contributed by atoms with Crippen LogP contribution in [-0.2, 0) is 14.6 Å². The molecule has 2 N–H and O–H groups in total. The number of amides is 1. The molecule has 0 spiro atoms. The fourth-order valence-electron chi connectivity index (χ4n) is 1.96. The summed E-state index contributed by atoms with van der Waals surface area (Å²) in [5.74, 6) is -0.156. The van der Waals surface area contributed by atoms with Crippen LogP contribution in [0.15, 0.2) is 0 Å². The van der Waals surface area contributed by atoms with Crippen molar-refractivity contribution in [2.45, 2.75) is 31.9 Å². The van der Waals surface area contributed by atoms with Crippen molar-refractivity contribution in [2.24, 2.45) is 0 Å². The fourth-order valence-corrected chi connectivity index (χ4v) is 3.69. The van der Waals surface area contributed by atoms with E-state index in [9.17, 15) is 18.3 Å². The molecule has 0 aromatic rings. The van der Waals surface area contributed by atoms with Crippen molar-refractivity contribution in [3.8, 4) is 0 Å². The van der Waals surface area contributed by atoms with Crippen LogP contribution in [0.3, 0.4) is 0 Å². The molecule has 0 aromatic carbocycles. The number of aliphatic hydroxyl groups excluding tert-OH is 2. The average molecular weight is 265 g/mol. The quantitative estimate of drug-likeness (QED) is 0.649. The van der Waals surface area contributed by atoms with Gasteiger partial charge in [0.05, 0.1) is 24.2 Å². The highest BCUT2D eigenvalue weighted by atomic mass is 32.2. The third-order valence-corrected chi connectivity index (χ3v) is 4.64. The summed E-state index contributed by atoms with van der Waals surface area (Å²) in [6.07, 6.45) is -0.352. The highest BCUT2D eigenvalue weighted by Crippen LogP contribution is 2.18. The lowest BCUT2D eigenvalue weighted by Crippen LogP contribution is -2.45. The van der Waals surface area contributed by atoms with Crippen LogP contribution >= 0.6 is 0 Å². The van der Waals surface area contributed by atoms with E-state index in [2.05, 4.69) is 0 Å². The highest BCUT2D eigenvalue weighted by Gasteiger charge is 2.34. The van der Waals surface area contributed by atoms with Crippen LogP contribution in [0, 0.1) is 0 Å². The number of carbonyl (C=O) groups is 1. The van der Waals surface area contributed by atoms with Gasteiger partial charge in [-0.15, -0.1) is 0 Å².